The van der Waals surface area contributed by atoms with E-state index >= 15 is 0 Å². The molecule has 0 bridgehead atoms. The fourth-order valence-corrected chi connectivity index (χ4v) is 3.13. The first kappa shape index (κ1) is 18.4. The molecule has 0 radical (unpaired) electrons. The summed E-state index contributed by atoms with van der Waals surface area (Å²) in [6.45, 7) is 0.984. The van der Waals surface area contributed by atoms with Crippen molar-refractivity contribution in [1.29, 1.82) is 0 Å². The highest BCUT2D eigenvalue weighted by Gasteiger charge is 2.48. The quantitative estimate of drug-likeness (QED) is 0.708. The summed E-state index contributed by atoms with van der Waals surface area (Å²) in [7, 11) is 0. The number of hydrogen-bond donors (Lipinski definition) is 3. The Labute approximate surface area is 152 Å². The molecular formula is C20H23FN2O3. The lowest BCUT2D eigenvalue weighted by molar-refractivity contribution is -0.143. The van der Waals surface area contributed by atoms with Crippen molar-refractivity contribution in [2.45, 2.75) is 32.1 Å². The number of nitrogens with one attached hydrogen (secondary N) is 1. The van der Waals surface area contributed by atoms with Gasteiger partial charge in [0.1, 0.15) is 18.2 Å². The molecule has 2 aromatic carbocycles. The fourth-order valence-electron chi connectivity index (χ4n) is 3.13. The SMILES string of the molecule is NCC1(C(=O)NCc2ccc(COc3cccc(F)c3)cc2)CC(O)C1. The lowest BCUT2D eigenvalue weighted by Crippen LogP contribution is -2.55. The second-order valence-corrected chi connectivity index (χ2v) is 6.79. The maximum Gasteiger partial charge on any atom is 0.227 e. The third kappa shape index (κ3) is 4.20. The lowest BCUT2D eigenvalue weighted by atomic mass is 9.66. The third-order valence-electron chi connectivity index (χ3n) is 4.80. The molecule has 0 atom stereocenters. The van der Waals surface area contributed by atoms with Crippen LogP contribution in [0.2, 0.25) is 0 Å². The second-order valence-electron chi connectivity index (χ2n) is 6.79. The number of halogens is 1. The molecule has 0 saturated heterocycles. The van der Waals surface area contributed by atoms with Gasteiger partial charge in [0.05, 0.1) is 11.5 Å². The van der Waals surface area contributed by atoms with E-state index in [0.717, 1.165) is 11.1 Å². The summed E-state index contributed by atoms with van der Waals surface area (Å²) in [5, 5.41) is 12.4. The Morgan fingerprint density at radius 2 is 1.92 bits per heavy atom. The molecule has 138 valence electrons. The van der Waals surface area contributed by atoms with Gasteiger partial charge in [-0.15, -0.1) is 0 Å². The number of carbonyl (C=O) groups excluding carboxylic acids is 1. The Hall–Kier alpha value is -2.44. The summed E-state index contributed by atoms with van der Waals surface area (Å²) in [5.41, 5.74) is 6.98. The molecule has 5 nitrogen and oxygen atoms in total. The molecule has 0 aliphatic heterocycles. The Bertz CT molecular complexity index is 758. The number of aliphatic hydroxyl groups excluding tert-OH is 1. The first-order chi connectivity index (χ1) is 12.5. The van der Waals surface area contributed by atoms with Crippen molar-refractivity contribution in [2.75, 3.05) is 6.54 Å². The minimum atomic E-state index is -0.627. The van der Waals surface area contributed by atoms with Gasteiger partial charge >= 0.3 is 0 Å². The number of ether oxygens (including phenoxy) is 1. The van der Waals surface area contributed by atoms with E-state index in [9.17, 15) is 14.3 Å². The molecule has 0 heterocycles. The summed E-state index contributed by atoms with van der Waals surface area (Å²) in [4.78, 5) is 12.3. The van der Waals surface area contributed by atoms with Gasteiger partial charge in [-0.05, 0) is 36.1 Å². The maximum atomic E-state index is 13.1. The average molecular weight is 358 g/mol. The minimum Gasteiger partial charge on any atom is -0.489 e. The van der Waals surface area contributed by atoms with Crippen LogP contribution in [0.25, 0.3) is 0 Å². The van der Waals surface area contributed by atoms with Gasteiger partial charge in [0.2, 0.25) is 5.91 Å². The lowest BCUT2D eigenvalue weighted by Gasteiger charge is -2.42. The molecule has 1 saturated carbocycles. The van der Waals surface area contributed by atoms with Crippen molar-refractivity contribution in [3.05, 3.63) is 65.5 Å². The summed E-state index contributed by atoms with van der Waals surface area (Å²) < 4.78 is 18.7. The fraction of sp³-hybridized carbons (Fsp3) is 0.350. The van der Waals surface area contributed by atoms with Gasteiger partial charge in [-0.1, -0.05) is 30.3 Å². The summed E-state index contributed by atoms with van der Waals surface area (Å²) >= 11 is 0. The molecule has 3 rings (SSSR count). The van der Waals surface area contributed by atoms with Crippen molar-refractivity contribution in [2.24, 2.45) is 11.1 Å². The van der Waals surface area contributed by atoms with E-state index in [4.69, 9.17) is 10.5 Å². The molecule has 1 fully saturated rings. The van der Waals surface area contributed by atoms with E-state index in [1.54, 1.807) is 12.1 Å². The van der Waals surface area contributed by atoms with Gasteiger partial charge in [0.25, 0.3) is 0 Å². The average Bonchev–Trinajstić information content (AvgIpc) is 2.62. The van der Waals surface area contributed by atoms with Gasteiger partial charge in [0, 0.05) is 19.2 Å². The monoisotopic (exact) mass is 358 g/mol. The highest BCUT2D eigenvalue weighted by atomic mass is 19.1. The molecule has 4 N–H and O–H groups in total. The van der Waals surface area contributed by atoms with Crippen LogP contribution < -0.4 is 15.8 Å². The number of nitrogens with two attached hydrogens (primary N) is 1. The first-order valence-corrected chi connectivity index (χ1v) is 8.63. The zero-order valence-corrected chi connectivity index (χ0v) is 14.5. The summed E-state index contributed by atoms with van der Waals surface area (Å²) in [5.74, 6) is 0.0442. The van der Waals surface area contributed by atoms with Crippen LogP contribution in [0.4, 0.5) is 4.39 Å². The molecular weight excluding hydrogens is 335 g/mol. The zero-order valence-electron chi connectivity index (χ0n) is 14.5. The molecule has 0 spiro atoms. The highest BCUT2D eigenvalue weighted by molar-refractivity contribution is 5.84. The number of carbonyl (C=O) groups is 1. The van der Waals surface area contributed by atoms with Gasteiger partial charge in [-0.25, -0.2) is 4.39 Å². The van der Waals surface area contributed by atoms with Gasteiger partial charge < -0.3 is 20.9 Å². The molecule has 2 aromatic rings. The van der Waals surface area contributed by atoms with Crippen molar-refractivity contribution in [3.63, 3.8) is 0 Å². The van der Waals surface area contributed by atoms with Crippen LogP contribution in [0.3, 0.4) is 0 Å². The maximum absolute atomic E-state index is 13.1. The molecule has 1 aliphatic rings. The van der Waals surface area contributed by atoms with Gasteiger partial charge in [-0.3, -0.25) is 4.79 Å². The number of rotatable bonds is 7. The second kappa shape index (κ2) is 7.85. The van der Waals surface area contributed by atoms with E-state index < -0.39 is 11.5 Å². The zero-order chi connectivity index (χ0) is 18.6. The predicted molar refractivity (Wildman–Crippen MR) is 95.7 cm³/mol. The normalized spacial score (nSPS) is 21.7. The van der Waals surface area contributed by atoms with E-state index in [0.29, 0.717) is 31.7 Å². The summed E-state index contributed by atoms with van der Waals surface area (Å²) in [6, 6.07) is 13.7. The smallest absolute Gasteiger partial charge is 0.227 e. The van der Waals surface area contributed by atoms with E-state index in [2.05, 4.69) is 5.32 Å². The van der Waals surface area contributed by atoms with Gasteiger partial charge in [0.15, 0.2) is 0 Å². The summed E-state index contributed by atoms with van der Waals surface area (Å²) in [6.07, 6.45) is 0.416. The van der Waals surface area contributed by atoms with E-state index in [1.165, 1.54) is 12.1 Å². The first-order valence-electron chi connectivity index (χ1n) is 8.63. The molecule has 1 aliphatic carbocycles. The minimum absolute atomic E-state index is 0.108. The number of benzene rings is 2. The standard InChI is InChI=1S/C20H23FN2O3/c21-16-2-1-3-18(8-16)26-12-15-6-4-14(5-7-15)11-23-19(25)20(13-22)9-17(24)10-20/h1-8,17,24H,9-13,22H2,(H,23,25). The molecule has 0 unspecified atom stereocenters. The van der Waals surface area contributed by atoms with Crippen molar-refractivity contribution in [1.82, 2.24) is 5.32 Å². The Kier molecular flexibility index (Phi) is 5.54. The van der Waals surface area contributed by atoms with Crippen LogP contribution in [-0.4, -0.2) is 23.7 Å². The van der Waals surface area contributed by atoms with Crippen molar-refractivity contribution >= 4 is 5.91 Å². The predicted octanol–water partition coefficient (Wildman–Crippen LogP) is 2.12. The molecule has 26 heavy (non-hydrogen) atoms. The van der Waals surface area contributed by atoms with Crippen LogP contribution in [0.1, 0.15) is 24.0 Å². The molecule has 0 aromatic heterocycles. The van der Waals surface area contributed by atoms with E-state index in [-0.39, 0.29) is 18.3 Å². The van der Waals surface area contributed by atoms with Crippen molar-refractivity contribution < 1.29 is 19.0 Å². The van der Waals surface area contributed by atoms with Crippen LogP contribution >= 0.6 is 0 Å². The Balaban J connectivity index is 1.49. The van der Waals surface area contributed by atoms with Crippen LogP contribution in [0.5, 0.6) is 5.75 Å². The highest BCUT2D eigenvalue weighted by Crippen LogP contribution is 2.40. The van der Waals surface area contributed by atoms with E-state index in [1.807, 2.05) is 24.3 Å². The van der Waals surface area contributed by atoms with Gasteiger partial charge in [-0.2, -0.15) is 0 Å². The molecule has 1 amide bonds. The van der Waals surface area contributed by atoms with Crippen LogP contribution in [-0.2, 0) is 17.9 Å². The third-order valence-corrected chi connectivity index (χ3v) is 4.80. The Morgan fingerprint density at radius 3 is 2.54 bits per heavy atom. The molecule has 6 heteroatoms. The largest absolute Gasteiger partial charge is 0.489 e. The Morgan fingerprint density at radius 1 is 1.23 bits per heavy atom. The number of amides is 1. The topological polar surface area (TPSA) is 84.6 Å². The van der Waals surface area contributed by atoms with Crippen LogP contribution in [0, 0.1) is 11.2 Å². The van der Waals surface area contributed by atoms with Crippen molar-refractivity contribution in [3.8, 4) is 5.75 Å². The number of aliphatic hydroxyl groups is 1. The van der Waals surface area contributed by atoms with Crippen LogP contribution in [0.15, 0.2) is 48.5 Å². The number of hydrogen-bond acceptors (Lipinski definition) is 4.